The molecule has 0 aliphatic heterocycles. The molecule has 0 spiro atoms. The van der Waals surface area contributed by atoms with Crippen LogP contribution in [0.5, 0.6) is 0 Å². The lowest BCUT2D eigenvalue weighted by atomic mass is 9.82. The van der Waals surface area contributed by atoms with Crippen LogP contribution >= 0.6 is 0 Å². The molecule has 0 fully saturated rings. The number of unbranched alkanes of at least 4 members (excludes halogenated alkanes) is 1. The van der Waals surface area contributed by atoms with Crippen LogP contribution in [0.1, 0.15) is 52.0 Å². The van der Waals surface area contributed by atoms with E-state index in [0.717, 1.165) is 12.1 Å². The molecule has 1 aromatic carbocycles. The molecular formula is C18H27NO. The third kappa shape index (κ3) is 6.05. The van der Waals surface area contributed by atoms with E-state index in [2.05, 4.69) is 44.8 Å². The Bertz CT molecular complexity index is 431. The number of aryl methyl sites for hydroxylation is 1. The fraction of sp³-hybridized carbons (Fsp3) is 0.500. The quantitative estimate of drug-likeness (QED) is 0.666. The number of carbonyl (C=O) groups is 1. The van der Waals surface area contributed by atoms with E-state index in [1.807, 2.05) is 12.1 Å². The minimum absolute atomic E-state index is 0.168. The van der Waals surface area contributed by atoms with E-state index in [-0.39, 0.29) is 5.91 Å². The second-order valence-electron chi connectivity index (χ2n) is 6.16. The van der Waals surface area contributed by atoms with E-state index in [1.54, 1.807) is 0 Å². The van der Waals surface area contributed by atoms with Gasteiger partial charge in [-0.05, 0) is 48.4 Å². The second-order valence-corrected chi connectivity index (χ2v) is 6.16. The van der Waals surface area contributed by atoms with Crippen molar-refractivity contribution in [1.29, 1.82) is 0 Å². The topological polar surface area (TPSA) is 29.1 Å². The van der Waals surface area contributed by atoms with Crippen LogP contribution in [0.4, 0.5) is 5.69 Å². The highest BCUT2D eigenvalue weighted by Crippen LogP contribution is 2.29. The number of hydrogen-bond donors (Lipinski definition) is 1. The predicted molar refractivity (Wildman–Crippen MR) is 86.9 cm³/mol. The molecular weight excluding hydrogens is 246 g/mol. The molecule has 0 bridgehead atoms. The lowest BCUT2D eigenvalue weighted by molar-refractivity contribution is -0.111. The van der Waals surface area contributed by atoms with E-state index < -0.39 is 0 Å². The summed E-state index contributed by atoms with van der Waals surface area (Å²) in [6, 6.07) is 8.09. The van der Waals surface area contributed by atoms with Crippen molar-refractivity contribution in [2.24, 2.45) is 5.41 Å². The van der Waals surface area contributed by atoms with Gasteiger partial charge in [0.2, 0.25) is 5.91 Å². The van der Waals surface area contributed by atoms with Crippen LogP contribution in [0.3, 0.4) is 0 Å². The van der Waals surface area contributed by atoms with E-state index in [4.69, 9.17) is 0 Å². The molecule has 1 rings (SSSR count). The zero-order valence-electron chi connectivity index (χ0n) is 13.0. The highest BCUT2D eigenvalue weighted by atomic mass is 16.1. The SMILES string of the molecule is C=CC(=O)Nc1ccc(CCC(C)(C)CCCC)cc1. The molecule has 0 saturated heterocycles. The van der Waals surface area contributed by atoms with Gasteiger partial charge in [-0.25, -0.2) is 0 Å². The first kappa shape index (κ1) is 16.5. The van der Waals surface area contributed by atoms with Gasteiger partial charge in [-0.1, -0.05) is 52.3 Å². The standard InChI is InChI=1S/C18H27NO/c1-5-7-13-18(3,4)14-12-15-8-10-16(11-9-15)19-17(20)6-2/h6,8-11H,2,5,7,12-14H2,1,3-4H3,(H,19,20). The third-order valence-electron chi connectivity index (χ3n) is 3.70. The Kier molecular flexibility index (Phi) is 6.50. The van der Waals surface area contributed by atoms with Gasteiger partial charge in [-0.15, -0.1) is 0 Å². The normalized spacial score (nSPS) is 11.2. The Labute approximate surface area is 123 Å². The molecule has 0 saturated carbocycles. The number of hydrogen-bond acceptors (Lipinski definition) is 1. The van der Waals surface area contributed by atoms with E-state index in [0.29, 0.717) is 5.41 Å². The van der Waals surface area contributed by atoms with E-state index >= 15 is 0 Å². The number of nitrogens with one attached hydrogen (secondary N) is 1. The molecule has 0 aliphatic rings. The van der Waals surface area contributed by atoms with Crippen molar-refractivity contribution in [3.63, 3.8) is 0 Å². The molecule has 2 heteroatoms. The number of carbonyl (C=O) groups excluding carboxylic acids is 1. The fourth-order valence-corrected chi connectivity index (χ4v) is 2.21. The van der Waals surface area contributed by atoms with Crippen molar-refractivity contribution in [2.75, 3.05) is 5.32 Å². The molecule has 0 aromatic heterocycles. The molecule has 0 aliphatic carbocycles. The first-order valence-electron chi connectivity index (χ1n) is 7.49. The number of anilines is 1. The van der Waals surface area contributed by atoms with Crippen molar-refractivity contribution >= 4 is 11.6 Å². The lowest BCUT2D eigenvalue weighted by Gasteiger charge is -2.24. The summed E-state index contributed by atoms with van der Waals surface area (Å²) in [6.45, 7) is 10.4. The van der Waals surface area contributed by atoms with Crippen molar-refractivity contribution in [1.82, 2.24) is 0 Å². The maximum absolute atomic E-state index is 11.2. The third-order valence-corrected chi connectivity index (χ3v) is 3.70. The molecule has 110 valence electrons. The predicted octanol–water partition coefficient (Wildman–Crippen LogP) is 4.96. The summed E-state index contributed by atoms with van der Waals surface area (Å²) in [7, 11) is 0. The summed E-state index contributed by atoms with van der Waals surface area (Å²) in [5.41, 5.74) is 2.56. The van der Waals surface area contributed by atoms with Crippen LogP contribution in [0.25, 0.3) is 0 Å². The second kappa shape index (κ2) is 7.88. The average Bonchev–Trinajstić information content (AvgIpc) is 2.44. The monoisotopic (exact) mass is 273 g/mol. The average molecular weight is 273 g/mol. The van der Waals surface area contributed by atoms with Crippen LogP contribution in [-0.2, 0) is 11.2 Å². The van der Waals surface area contributed by atoms with Crippen molar-refractivity contribution in [3.05, 3.63) is 42.5 Å². The summed E-state index contributed by atoms with van der Waals surface area (Å²) < 4.78 is 0. The maximum atomic E-state index is 11.2. The van der Waals surface area contributed by atoms with Crippen LogP contribution in [0, 0.1) is 5.41 Å². The fourth-order valence-electron chi connectivity index (χ4n) is 2.21. The van der Waals surface area contributed by atoms with Crippen molar-refractivity contribution < 1.29 is 4.79 Å². The molecule has 1 aromatic rings. The molecule has 0 atom stereocenters. The molecule has 0 heterocycles. The summed E-state index contributed by atoms with van der Waals surface area (Å²) in [5.74, 6) is -0.168. The highest BCUT2D eigenvalue weighted by molar-refractivity contribution is 5.98. The summed E-state index contributed by atoms with van der Waals surface area (Å²) in [5, 5.41) is 2.76. The first-order valence-corrected chi connectivity index (χ1v) is 7.49. The minimum atomic E-state index is -0.168. The van der Waals surface area contributed by atoms with Gasteiger partial charge in [-0.3, -0.25) is 4.79 Å². The Hall–Kier alpha value is -1.57. The van der Waals surface area contributed by atoms with Crippen molar-refractivity contribution in [2.45, 2.75) is 52.9 Å². The molecule has 1 amide bonds. The molecule has 1 N–H and O–H groups in total. The zero-order chi connectivity index (χ0) is 15.0. The molecule has 2 nitrogen and oxygen atoms in total. The maximum Gasteiger partial charge on any atom is 0.247 e. The highest BCUT2D eigenvalue weighted by Gasteiger charge is 2.16. The van der Waals surface area contributed by atoms with Crippen LogP contribution < -0.4 is 5.32 Å². The molecule has 20 heavy (non-hydrogen) atoms. The summed E-state index contributed by atoms with van der Waals surface area (Å²) in [6.07, 6.45) is 7.43. The van der Waals surface area contributed by atoms with E-state index in [1.165, 1.54) is 37.3 Å². The number of amides is 1. The Morgan fingerprint density at radius 1 is 1.25 bits per heavy atom. The van der Waals surface area contributed by atoms with Gasteiger partial charge in [0.25, 0.3) is 0 Å². The molecule has 0 unspecified atom stereocenters. The van der Waals surface area contributed by atoms with Gasteiger partial charge in [0.1, 0.15) is 0 Å². The summed E-state index contributed by atoms with van der Waals surface area (Å²) in [4.78, 5) is 11.2. The van der Waals surface area contributed by atoms with Crippen LogP contribution in [-0.4, -0.2) is 5.91 Å². The molecule has 0 radical (unpaired) electrons. The Balaban J connectivity index is 2.49. The number of rotatable bonds is 8. The Morgan fingerprint density at radius 2 is 1.90 bits per heavy atom. The van der Waals surface area contributed by atoms with Gasteiger partial charge in [0.15, 0.2) is 0 Å². The van der Waals surface area contributed by atoms with E-state index in [9.17, 15) is 4.79 Å². The minimum Gasteiger partial charge on any atom is -0.323 e. The van der Waals surface area contributed by atoms with Gasteiger partial charge < -0.3 is 5.32 Å². The summed E-state index contributed by atoms with van der Waals surface area (Å²) >= 11 is 0. The van der Waals surface area contributed by atoms with Gasteiger partial charge in [0, 0.05) is 5.69 Å². The first-order chi connectivity index (χ1) is 9.46. The van der Waals surface area contributed by atoms with Crippen LogP contribution in [0.15, 0.2) is 36.9 Å². The van der Waals surface area contributed by atoms with Gasteiger partial charge in [0.05, 0.1) is 0 Å². The Morgan fingerprint density at radius 3 is 2.45 bits per heavy atom. The van der Waals surface area contributed by atoms with Crippen molar-refractivity contribution in [3.8, 4) is 0 Å². The number of benzene rings is 1. The van der Waals surface area contributed by atoms with Gasteiger partial charge >= 0.3 is 0 Å². The largest absolute Gasteiger partial charge is 0.323 e. The lowest BCUT2D eigenvalue weighted by Crippen LogP contribution is -2.12. The zero-order valence-corrected chi connectivity index (χ0v) is 13.0. The van der Waals surface area contributed by atoms with Crippen LogP contribution in [0.2, 0.25) is 0 Å². The smallest absolute Gasteiger partial charge is 0.247 e. The van der Waals surface area contributed by atoms with Gasteiger partial charge in [-0.2, -0.15) is 0 Å².